The second-order valence-electron chi connectivity index (χ2n) is 5.63. The van der Waals surface area contributed by atoms with E-state index in [0.29, 0.717) is 18.8 Å². The number of aromatic nitrogens is 1. The van der Waals surface area contributed by atoms with E-state index in [2.05, 4.69) is 10.3 Å². The smallest absolute Gasteiger partial charge is 0.319 e. The summed E-state index contributed by atoms with van der Waals surface area (Å²) in [6.45, 7) is 0.820. The zero-order valence-corrected chi connectivity index (χ0v) is 14.0. The Morgan fingerprint density at radius 2 is 2.16 bits per heavy atom. The molecule has 0 bridgehead atoms. The summed E-state index contributed by atoms with van der Waals surface area (Å²) in [6, 6.07) is 9.06. The topological polar surface area (TPSA) is 65.5 Å². The first kappa shape index (κ1) is 17.2. The molecule has 3 rings (SSSR count). The summed E-state index contributed by atoms with van der Waals surface area (Å²) in [5, 5.41) is 2.59. The standard InChI is InChI=1S/C17H16ClFN4O2/c18-14-9-12(4-5-15(14)19)21-17(25)22-8-6-16(24)23(11-22)10-13-3-1-2-7-20-13/h1-5,7,9H,6,8,10-11H2,(H,21,25). The van der Waals surface area contributed by atoms with Crippen molar-refractivity contribution in [3.05, 3.63) is 59.1 Å². The van der Waals surface area contributed by atoms with Gasteiger partial charge >= 0.3 is 6.03 Å². The summed E-state index contributed by atoms with van der Waals surface area (Å²) in [6.07, 6.45) is 1.90. The molecule has 8 heteroatoms. The summed E-state index contributed by atoms with van der Waals surface area (Å²) in [5.41, 5.74) is 1.15. The first-order valence-corrected chi connectivity index (χ1v) is 8.09. The van der Waals surface area contributed by atoms with E-state index in [4.69, 9.17) is 11.6 Å². The molecule has 1 fully saturated rings. The summed E-state index contributed by atoms with van der Waals surface area (Å²) < 4.78 is 13.2. The number of rotatable bonds is 3. The van der Waals surface area contributed by atoms with Crippen LogP contribution in [0.25, 0.3) is 0 Å². The van der Waals surface area contributed by atoms with Crippen LogP contribution in [0.4, 0.5) is 14.9 Å². The average molecular weight is 363 g/mol. The second kappa shape index (κ2) is 7.48. The maximum absolute atomic E-state index is 13.2. The van der Waals surface area contributed by atoms with Crippen LogP contribution in [0.2, 0.25) is 5.02 Å². The van der Waals surface area contributed by atoms with Gasteiger partial charge in [0.1, 0.15) is 5.82 Å². The van der Waals surface area contributed by atoms with Crippen LogP contribution < -0.4 is 5.32 Å². The highest BCUT2D eigenvalue weighted by Gasteiger charge is 2.27. The van der Waals surface area contributed by atoms with E-state index >= 15 is 0 Å². The number of halogens is 2. The first-order chi connectivity index (χ1) is 12.0. The minimum atomic E-state index is -0.551. The number of benzene rings is 1. The van der Waals surface area contributed by atoms with E-state index in [0.717, 1.165) is 5.69 Å². The maximum atomic E-state index is 13.2. The zero-order valence-electron chi connectivity index (χ0n) is 13.3. The molecule has 1 saturated heterocycles. The minimum Gasteiger partial charge on any atom is -0.319 e. The highest BCUT2D eigenvalue weighted by atomic mass is 35.5. The van der Waals surface area contributed by atoms with Crippen molar-refractivity contribution in [1.29, 1.82) is 0 Å². The van der Waals surface area contributed by atoms with Gasteiger partial charge in [-0.05, 0) is 30.3 Å². The Morgan fingerprint density at radius 1 is 1.32 bits per heavy atom. The Kier molecular flexibility index (Phi) is 5.14. The van der Waals surface area contributed by atoms with Gasteiger partial charge < -0.3 is 15.1 Å². The molecule has 0 saturated carbocycles. The Bertz CT molecular complexity index is 787. The van der Waals surface area contributed by atoms with Crippen LogP contribution in [-0.2, 0) is 11.3 Å². The molecule has 0 spiro atoms. The van der Waals surface area contributed by atoms with Crippen molar-refractivity contribution in [3.63, 3.8) is 0 Å². The lowest BCUT2D eigenvalue weighted by Gasteiger charge is -2.35. The molecule has 1 aliphatic heterocycles. The van der Waals surface area contributed by atoms with Crippen LogP contribution in [-0.4, -0.2) is 39.9 Å². The lowest BCUT2D eigenvalue weighted by atomic mass is 10.2. The third-order valence-corrected chi connectivity index (χ3v) is 4.12. The number of pyridine rings is 1. The number of nitrogens with zero attached hydrogens (tertiary/aromatic N) is 3. The van der Waals surface area contributed by atoms with Crippen molar-refractivity contribution >= 4 is 29.2 Å². The van der Waals surface area contributed by atoms with E-state index in [1.54, 1.807) is 17.2 Å². The summed E-state index contributed by atoms with van der Waals surface area (Å²) in [5.74, 6) is -0.579. The van der Waals surface area contributed by atoms with E-state index < -0.39 is 5.82 Å². The molecule has 2 aromatic rings. The molecule has 0 radical (unpaired) electrons. The van der Waals surface area contributed by atoms with Gasteiger partial charge in [-0.25, -0.2) is 9.18 Å². The van der Waals surface area contributed by atoms with Crippen LogP contribution in [0.15, 0.2) is 42.6 Å². The average Bonchev–Trinajstić information content (AvgIpc) is 2.61. The van der Waals surface area contributed by atoms with Crippen LogP contribution in [0, 0.1) is 5.82 Å². The molecular formula is C17H16ClFN4O2. The molecule has 3 amide bonds. The molecule has 1 N–H and O–H groups in total. The number of carbonyl (C=O) groups is 2. The Morgan fingerprint density at radius 3 is 2.88 bits per heavy atom. The molecule has 1 aromatic heterocycles. The number of nitrogens with one attached hydrogen (secondary N) is 1. The fraction of sp³-hybridized carbons (Fsp3) is 0.235. The molecule has 0 atom stereocenters. The van der Waals surface area contributed by atoms with Gasteiger partial charge in [-0.1, -0.05) is 17.7 Å². The number of anilines is 1. The highest BCUT2D eigenvalue weighted by molar-refractivity contribution is 6.31. The zero-order chi connectivity index (χ0) is 17.8. The number of hydrogen-bond donors (Lipinski definition) is 1. The quantitative estimate of drug-likeness (QED) is 0.912. The number of amides is 3. The van der Waals surface area contributed by atoms with Crippen molar-refractivity contribution in [2.24, 2.45) is 0 Å². The minimum absolute atomic E-state index is 0.0282. The Balaban J connectivity index is 1.64. The van der Waals surface area contributed by atoms with E-state index in [9.17, 15) is 14.0 Å². The van der Waals surface area contributed by atoms with Crippen LogP contribution in [0.1, 0.15) is 12.1 Å². The van der Waals surface area contributed by atoms with Crippen molar-refractivity contribution in [3.8, 4) is 0 Å². The second-order valence-corrected chi connectivity index (χ2v) is 6.03. The predicted octanol–water partition coefficient (Wildman–Crippen LogP) is 3.10. The lowest BCUT2D eigenvalue weighted by molar-refractivity contribution is -0.137. The molecule has 2 heterocycles. The van der Waals surface area contributed by atoms with Crippen LogP contribution in [0.5, 0.6) is 0 Å². The summed E-state index contributed by atoms with van der Waals surface area (Å²) >= 11 is 5.72. The molecule has 1 aromatic carbocycles. The number of hydrogen-bond acceptors (Lipinski definition) is 3. The fourth-order valence-electron chi connectivity index (χ4n) is 2.51. The van der Waals surface area contributed by atoms with Crippen LogP contribution in [0.3, 0.4) is 0 Å². The highest BCUT2D eigenvalue weighted by Crippen LogP contribution is 2.20. The molecule has 130 valence electrons. The predicted molar refractivity (Wildman–Crippen MR) is 91.4 cm³/mol. The third kappa shape index (κ3) is 4.24. The molecule has 0 unspecified atom stereocenters. The first-order valence-electron chi connectivity index (χ1n) is 7.71. The van der Waals surface area contributed by atoms with Gasteiger partial charge in [0, 0.05) is 24.8 Å². The van der Waals surface area contributed by atoms with E-state index in [-0.39, 0.29) is 30.1 Å². The van der Waals surface area contributed by atoms with Gasteiger partial charge in [0.15, 0.2) is 0 Å². The van der Waals surface area contributed by atoms with Crippen molar-refractivity contribution in [2.45, 2.75) is 13.0 Å². The monoisotopic (exact) mass is 362 g/mol. The van der Waals surface area contributed by atoms with Gasteiger partial charge in [0.2, 0.25) is 5.91 Å². The maximum Gasteiger partial charge on any atom is 0.323 e. The third-order valence-electron chi connectivity index (χ3n) is 3.83. The number of urea groups is 1. The Hall–Kier alpha value is -2.67. The van der Waals surface area contributed by atoms with Crippen LogP contribution >= 0.6 is 11.6 Å². The van der Waals surface area contributed by atoms with Gasteiger partial charge in [0.25, 0.3) is 0 Å². The van der Waals surface area contributed by atoms with Crippen molar-refractivity contribution in [1.82, 2.24) is 14.8 Å². The number of carbonyl (C=O) groups excluding carboxylic acids is 2. The molecule has 6 nitrogen and oxygen atoms in total. The van der Waals surface area contributed by atoms with Gasteiger partial charge in [0.05, 0.1) is 23.9 Å². The molecular weight excluding hydrogens is 347 g/mol. The van der Waals surface area contributed by atoms with E-state index in [1.165, 1.54) is 23.1 Å². The Labute approximate surface area is 149 Å². The van der Waals surface area contributed by atoms with Gasteiger partial charge in [-0.2, -0.15) is 0 Å². The molecule has 1 aliphatic rings. The molecule has 25 heavy (non-hydrogen) atoms. The molecule has 0 aliphatic carbocycles. The van der Waals surface area contributed by atoms with Gasteiger partial charge in [-0.3, -0.25) is 9.78 Å². The van der Waals surface area contributed by atoms with Gasteiger partial charge in [-0.15, -0.1) is 0 Å². The van der Waals surface area contributed by atoms with Crippen molar-refractivity contribution in [2.75, 3.05) is 18.5 Å². The SMILES string of the molecule is O=C1CCN(C(=O)Nc2ccc(F)c(Cl)c2)CN1Cc1ccccn1. The summed E-state index contributed by atoms with van der Waals surface area (Å²) in [4.78, 5) is 31.8. The van der Waals surface area contributed by atoms with Crippen molar-refractivity contribution < 1.29 is 14.0 Å². The normalized spacial score (nSPS) is 14.6. The summed E-state index contributed by atoms with van der Waals surface area (Å²) in [7, 11) is 0. The lowest BCUT2D eigenvalue weighted by Crippen LogP contribution is -2.51. The fourth-order valence-corrected chi connectivity index (χ4v) is 2.69. The largest absolute Gasteiger partial charge is 0.323 e. The van der Waals surface area contributed by atoms with E-state index in [1.807, 2.05) is 12.1 Å².